The van der Waals surface area contributed by atoms with Crippen molar-refractivity contribution in [3.05, 3.63) is 35.4 Å². The van der Waals surface area contributed by atoms with Crippen LogP contribution in [0.5, 0.6) is 11.5 Å². The van der Waals surface area contributed by atoms with Gasteiger partial charge in [-0.25, -0.2) is 0 Å². The number of benzene rings is 2. The van der Waals surface area contributed by atoms with E-state index in [-0.39, 0.29) is 0 Å². The molecule has 3 rings (SSSR count). The Morgan fingerprint density at radius 3 is 1.58 bits per heavy atom. The zero-order valence-corrected chi connectivity index (χ0v) is 16.6. The second-order valence-corrected chi connectivity index (χ2v) is 7.48. The van der Waals surface area contributed by atoms with Crippen molar-refractivity contribution in [2.75, 3.05) is 13.2 Å². The Morgan fingerprint density at radius 2 is 1.15 bits per heavy atom. The molecule has 0 saturated heterocycles. The average molecular weight is 355 g/mol. The lowest BCUT2D eigenvalue weighted by Crippen LogP contribution is -2.11. The third-order valence-corrected chi connectivity index (χ3v) is 5.42. The molecule has 0 amide bonds. The molecule has 0 spiro atoms. The summed E-state index contributed by atoms with van der Waals surface area (Å²) in [5, 5.41) is 2.46. The van der Waals surface area contributed by atoms with Crippen LogP contribution in [0.4, 0.5) is 0 Å². The molecule has 0 unspecified atom stereocenters. The van der Waals surface area contributed by atoms with Crippen molar-refractivity contribution in [1.29, 1.82) is 0 Å². The maximum absolute atomic E-state index is 6.36. The van der Waals surface area contributed by atoms with E-state index < -0.39 is 0 Å². The highest BCUT2D eigenvalue weighted by atomic mass is 16.5. The van der Waals surface area contributed by atoms with Gasteiger partial charge in [-0.05, 0) is 38.5 Å². The first-order valence-electron chi connectivity index (χ1n) is 10.7. The van der Waals surface area contributed by atoms with Crippen LogP contribution in [0.15, 0.2) is 24.3 Å². The van der Waals surface area contributed by atoms with Crippen LogP contribution in [0.1, 0.15) is 76.3 Å². The quantitative estimate of drug-likeness (QED) is 0.434. The van der Waals surface area contributed by atoms with Gasteiger partial charge in [0.1, 0.15) is 11.5 Å². The van der Waals surface area contributed by atoms with Crippen molar-refractivity contribution in [2.24, 2.45) is 0 Å². The van der Waals surface area contributed by atoms with Crippen LogP contribution in [0.25, 0.3) is 10.8 Å². The van der Waals surface area contributed by atoms with Gasteiger partial charge in [-0.3, -0.25) is 0 Å². The molecule has 2 nitrogen and oxygen atoms in total. The first kappa shape index (κ1) is 19.1. The van der Waals surface area contributed by atoms with Crippen LogP contribution in [0, 0.1) is 0 Å². The zero-order chi connectivity index (χ0) is 18.2. The maximum Gasteiger partial charge on any atom is 0.130 e. The lowest BCUT2D eigenvalue weighted by molar-refractivity contribution is 0.296. The van der Waals surface area contributed by atoms with Crippen LogP contribution in [0.2, 0.25) is 0 Å². The monoisotopic (exact) mass is 354 g/mol. The van der Waals surface area contributed by atoms with E-state index in [1.54, 1.807) is 0 Å². The van der Waals surface area contributed by atoms with Gasteiger partial charge in [-0.2, -0.15) is 0 Å². The van der Waals surface area contributed by atoms with E-state index in [1.807, 2.05) is 0 Å². The summed E-state index contributed by atoms with van der Waals surface area (Å²) in [4.78, 5) is 0. The summed E-state index contributed by atoms with van der Waals surface area (Å²) in [5.74, 6) is 2.26. The van der Waals surface area contributed by atoms with E-state index in [9.17, 15) is 0 Å². The molecule has 2 aromatic carbocycles. The molecule has 142 valence electrons. The molecule has 0 saturated carbocycles. The van der Waals surface area contributed by atoms with E-state index in [0.29, 0.717) is 0 Å². The van der Waals surface area contributed by atoms with Gasteiger partial charge < -0.3 is 9.47 Å². The largest absolute Gasteiger partial charge is 0.493 e. The Balaban J connectivity index is 1.96. The Morgan fingerprint density at radius 1 is 0.692 bits per heavy atom. The second-order valence-electron chi connectivity index (χ2n) is 7.48. The highest BCUT2D eigenvalue weighted by molar-refractivity contribution is 5.96. The molecule has 26 heavy (non-hydrogen) atoms. The van der Waals surface area contributed by atoms with Gasteiger partial charge in [0.2, 0.25) is 0 Å². The van der Waals surface area contributed by atoms with Crippen LogP contribution in [-0.4, -0.2) is 13.2 Å². The number of hydrogen-bond acceptors (Lipinski definition) is 2. The van der Waals surface area contributed by atoms with Crippen molar-refractivity contribution in [1.82, 2.24) is 0 Å². The second kappa shape index (κ2) is 9.85. The highest BCUT2D eigenvalue weighted by Gasteiger charge is 2.23. The number of unbranched alkanes of at least 4 members (excludes halogenated alkanes) is 4. The first-order chi connectivity index (χ1) is 12.9. The third-order valence-electron chi connectivity index (χ3n) is 5.42. The molecule has 1 aliphatic carbocycles. The van der Waals surface area contributed by atoms with Gasteiger partial charge >= 0.3 is 0 Å². The fraction of sp³-hybridized carbons (Fsp3) is 0.583. The molecule has 0 atom stereocenters. The van der Waals surface area contributed by atoms with Crippen LogP contribution in [-0.2, 0) is 12.8 Å². The van der Waals surface area contributed by atoms with Crippen molar-refractivity contribution in [3.8, 4) is 11.5 Å². The average Bonchev–Trinajstić information content (AvgIpc) is 2.69. The summed E-state index contributed by atoms with van der Waals surface area (Å²) in [5.41, 5.74) is 2.83. The minimum atomic E-state index is 0.820. The van der Waals surface area contributed by atoms with Crippen molar-refractivity contribution >= 4 is 10.8 Å². The predicted molar refractivity (Wildman–Crippen MR) is 111 cm³/mol. The van der Waals surface area contributed by atoms with Gasteiger partial charge in [0, 0.05) is 21.9 Å². The topological polar surface area (TPSA) is 18.5 Å². The van der Waals surface area contributed by atoms with E-state index in [0.717, 1.165) is 50.4 Å². The number of rotatable bonds is 10. The summed E-state index contributed by atoms with van der Waals surface area (Å²) in [6.45, 7) is 6.12. The molecular weight excluding hydrogens is 320 g/mol. The van der Waals surface area contributed by atoms with Crippen molar-refractivity contribution < 1.29 is 9.47 Å². The molecule has 0 N–H and O–H groups in total. The zero-order valence-electron chi connectivity index (χ0n) is 16.6. The van der Waals surface area contributed by atoms with Gasteiger partial charge in [0.15, 0.2) is 0 Å². The molecule has 1 aliphatic rings. The van der Waals surface area contributed by atoms with Crippen LogP contribution >= 0.6 is 0 Å². The van der Waals surface area contributed by atoms with Gasteiger partial charge in [0.25, 0.3) is 0 Å². The molecule has 0 bridgehead atoms. The summed E-state index contributed by atoms with van der Waals surface area (Å²) >= 11 is 0. The number of ether oxygens (including phenoxy) is 2. The molecule has 0 aromatic heterocycles. The normalized spacial score (nSPS) is 13.6. The van der Waals surface area contributed by atoms with Gasteiger partial charge in [-0.1, -0.05) is 63.8 Å². The highest BCUT2D eigenvalue weighted by Crippen LogP contribution is 2.44. The van der Waals surface area contributed by atoms with Crippen LogP contribution in [0.3, 0.4) is 0 Å². The van der Waals surface area contributed by atoms with E-state index >= 15 is 0 Å². The summed E-state index contributed by atoms with van der Waals surface area (Å²) < 4.78 is 12.7. The van der Waals surface area contributed by atoms with Crippen molar-refractivity contribution in [2.45, 2.75) is 78.1 Å². The van der Waals surface area contributed by atoms with E-state index in [4.69, 9.17) is 9.47 Å². The number of fused-ring (bicyclic) bond motifs is 2. The molecule has 0 heterocycles. The summed E-state index contributed by atoms with van der Waals surface area (Å²) in [7, 11) is 0. The van der Waals surface area contributed by atoms with Crippen LogP contribution < -0.4 is 9.47 Å². The Bertz CT molecular complexity index is 644. The summed E-state index contributed by atoms with van der Waals surface area (Å²) in [6.07, 6.45) is 11.9. The SMILES string of the molecule is CCCCCOc1c2c(c(OCCCCC)c3ccccc13)CCCC2. The Kier molecular flexibility index (Phi) is 7.22. The smallest absolute Gasteiger partial charge is 0.130 e. The molecule has 2 aromatic rings. The predicted octanol–water partition coefficient (Wildman–Crippen LogP) is 6.86. The van der Waals surface area contributed by atoms with Gasteiger partial charge in [0.05, 0.1) is 13.2 Å². The Hall–Kier alpha value is -1.70. The molecule has 0 radical (unpaired) electrons. The molecule has 0 aliphatic heterocycles. The molecular formula is C24H34O2. The minimum absolute atomic E-state index is 0.820. The third kappa shape index (κ3) is 4.34. The fourth-order valence-electron chi connectivity index (χ4n) is 3.99. The lowest BCUT2D eigenvalue weighted by Gasteiger charge is -2.25. The first-order valence-corrected chi connectivity index (χ1v) is 10.7. The Labute approximate surface area is 158 Å². The molecule has 2 heteroatoms. The van der Waals surface area contributed by atoms with E-state index in [2.05, 4.69) is 38.1 Å². The lowest BCUT2D eigenvalue weighted by atomic mass is 9.87. The number of hydrogen-bond donors (Lipinski definition) is 0. The standard InChI is InChI=1S/C24H34O2/c1-3-5-11-17-25-23-19-13-7-9-15-21(19)24(26-18-12-6-4-2)22-16-10-8-14-20(22)23/h7,9,13,15H,3-6,8,10-12,14,16-18H2,1-2H3. The minimum Gasteiger partial charge on any atom is -0.493 e. The summed E-state index contributed by atoms with van der Waals surface area (Å²) in [6, 6.07) is 8.66. The fourth-order valence-corrected chi connectivity index (χ4v) is 3.99. The van der Waals surface area contributed by atoms with E-state index in [1.165, 1.54) is 60.4 Å². The van der Waals surface area contributed by atoms with Gasteiger partial charge in [-0.15, -0.1) is 0 Å². The maximum atomic E-state index is 6.36. The van der Waals surface area contributed by atoms with Crippen molar-refractivity contribution in [3.63, 3.8) is 0 Å². The molecule has 0 fully saturated rings.